The van der Waals surface area contributed by atoms with E-state index in [1.165, 1.54) is 51.4 Å². The number of ether oxygens (including phenoxy) is 1. The lowest BCUT2D eigenvalue weighted by Gasteiger charge is -2.60. The summed E-state index contributed by atoms with van der Waals surface area (Å²) in [6, 6.07) is 0. The standard InChI is InChI=1S/C23H36O2/c1-15(25-16(2)24)19-10-11-20-18-9-8-17-7-5-6-13-22(17,3)21(18)12-14-23(19,20)4/h5-6,15,17-21H,7-14H2,1-4H3/t15-,17-,18+,19-,20+,21+,22+,23-/m1/s1. The summed E-state index contributed by atoms with van der Waals surface area (Å²) in [5.41, 5.74) is 0.919. The molecule has 0 spiro atoms. The lowest BCUT2D eigenvalue weighted by Crippen LogP contribution is -2.53. The lowest BCUT2D eigenvalue weighted by atomic mass is 9.45. The summed E-state index contributed by atoms with van der Waals surface area (Å²) >= 11 is 0. The van der Waals surface area contributed by atoms with Gasteiger partial charge in [0.1, 0.15) is 6.10 Å². The van der Waals surface area contributed by atoms with Gasteiger partial charge in [0.2, 0.25) is 0 Å². The third kappa shape index (κ3) is 2.61. The smallest absolute Gasteiger partial charge is 0.302 e. The van der Waals surface area contributed by atoms with E-state index in [0.29, 0.717) is 16.7 Å². The van der Waals surface area contributed by atoms with Crippen LogP contribution in [0.3, 0.4) is 0 Å². The molecule has 2 heteroatoms. The van der Waals surface area contributed by atoms with Crippen molar-refractivity contribution in [1.82, 2.24) is 0 Å². The molecule has 0 aromatic carbocycles. The summed E-state index contributed by atoms with van der Waals surface area (Å²) in [6.07, 6.45) is 15.8. The number of esters is 1. The van der Waals surface area contributed by atoms with Crippen molar-refractivity contribution < 1.29 is 9.53 Å². The van der Waals surface area contributed by atoms with Crippen molar-refractivity contribution in [2.45, 2.75) is 85.2 Å². The molecule has 0 aliphatic heterocycles. The van der Waals surface area contributed by atoms with Crippen molar-refractivity contribution in [3.8, 4) is 0 Å². The van der Waals surface area contributed by atoms with Crippen molar-refractivity contribution in [3.05, 3.63) is 12.2 Å². The minimum atomic E-state index is -0.116. The molecule has 0 aromatic rings. The van der Waals surface area contributed by atoms with Gasteiger partial charge in [0.25, 0.3) is 0 Å². The van der Waals surface area contributed by atoms with Crippen LogP contribution in [0.1, 0.15) is 79.1 Å². The minimum absolute atomic E-state index is 0.0774. The van der Waals surface area contributed by atoms with E-state index in [0.717, 1.165) is 23.7 Å². The highest BCUT2D eigenvalue weighted by Crippen LogP contribution is 2.67. The Kier molecular flexibility index (Phi) is 4.32. The summed E-state index contributed by atoms with van der Waals surface area (Å²) < 4.78 is 5.64. The van der Waals surface area contributed by atoms with Crippen molar-refractivity contribution in [2.75, 3.05) is 0 Å². The van der Waals surface area contributed by atoms with Crippen LogP contribution in [0.2, 0.25) is 0 Å². The number of rotatable bonds is 2. The van der Waals surface area contributed by atoms with Crippen LogP contribution in [0.25, 0.3) is 0 Å². The Bertz CT molecular complexity index is 566. The third-order valence-electron chi connectivity index (χ3n) is 9.20. The van der Waals surface area contributed by atoms with E-state index >= 15 is 0 Å². The zero-order valence-electron chi connectivity index (χ0n) is 16.6. The topological polar surface area (TPSA) is 26.3 Å². The molecular weight excluding hydrogens is 308 g/mol. The molecule has 3 fully saturated rings. The van der Waals surface area contributed by atoms with Gasteiger partial charge in [-0.25, -0.2) is 0 Å². The SMILES string of the molecule is CC(=O)O[C@H](C)[C@H]1CC[C@H]2[C@@H]3CC[C@H]4CC=CC[C@]4(C)[C@H]3CC[C@]12C. The van der Waals surface area contributed by atoms with Crippen LogP contribution in [0.15, 0.2) is 12.2 Å². The molecular formula is C23H36O2. The fourth-order valence-electron chi connectivity index (χ4n) is 7.99. The van der Waals surface area contributed by atoms with E-state index in [-0.39, 0.29) is 12.1 Å². The molecule has 0 radical (unpaired) electrons. The second kappa shape index (κ2) is 6.13. The lowest BCUT2D eigenvalue weighted by molar-refractivity contribution is -0.153. The Morgan fingerprint density at radius 2 is 1.80 bits per heavy atom. The van der Waals surface area contributed by atoms with Gasteiger partial charge >= 0.3 is 5.97 Å². The van der Waals surface area contributed by atoms with Gasteiger partial charge < -0.3 is 4.74 Å². The number of carbonyl (C=O) groups is 1. The Morgan fingerprint density at radius 3 is 2.56 bits per heavy atom. The second-order valence-corrected chi connectivity index (χ2v) is 10.1. The summed E-state index contributed by atoms with van der Waals surface area (Å²) in [7, 11) is 0. The van der Waals surface area contributed by atoms with Crippen LogP contribution < -0.4 is 0 Å². The zero-order valence-corrected chi connectivity index (χ0v) is 16.6. The predicted octanol–water partition coefficient (Wildman–Crippen LogP) is 5.76. The van der Waals surface area contributed by atoms with Gasteiger partial charge in [0, 0.05) is 12.8 Å². The van der Waals surface area contributed by atoms with Gasteiger partial charge in [0.05, 0.1) is 0 Å². The fraction of sp³-hybridized carbons (Fsp3) is 0.870. The molecule has 2 nitrogen and oxygen atoms in total. The highest BCUT2D eigenvalue weighted by Gasteiger charge is 2.60. The van der Waals surface area contributed by atoms with Gasteiger partial charge in [-0.2, -0.15) is 0 Å². The molecule has 4 rings (SSSR count). The van der Waals surface area contributed by atoms with Crippen LogP contribution in [0.4, 0.5) is 0 Å². The van der Waals surface area contributed by atoms with Crippen molar-refractivity contribution in [1.29, 1.82) is 0 Å². The van der Waals surface area contributed by atoms with Gasteiger partial charge in [-0.1, -0.05) is 26.0 Å². The molecule has 140 valence electrons. The largest absolute Gasteiger partial charge is 0.463 e. The quantitative estimate of drug-likeness (QED) is 0.470. The van der Waals surface area contributed by atoms with Gasteiger partial charge in [-0.15, -0.1) is 0 Å². The number of carbonyl (C=O) groups excluding carboxylic acids is 1. The Labute approximate surface area is 153 Å². The Balaban J connectivity index is 1.57. The number of hydrogen-bond acceptors (Lipinski definition) is 2. The maximum absolute atomic E-state index is 11.5. The molecule has 4 aliphatic carbocycles. The third-order valence-corrected chi connectivity index (χ3v) is 9.20. The summed E-state index contributed by atoms with van der Waals surface area (Å²) in [5, 5.41) is 0. The van der Waals surface area contributed by atoms with Crippen LogP contribution in [-0.2, 0) is 9.53 Å². The first-order chi connectivity index (χ1) is 11.9. The number of fused-ring (bicyclic) bond motifs is 5. The zero-order chi connectivity index (χ0) is 17.8. The summed E-state index contributed by atoms with van der Waals surface area (Å²) in [6.45, 7) is 8.83. The maximum atomic E-state index is 11.5. The molecule has 0 bridgehead atoms. The molecule has 0 N–H and O–H groups in total. The first-order valence-electron chi connectivity index (χ1n) is 10.7. The van der Waals surface area contributed by atoms with Crippen molar-refractivity contribution in [3.63, 3.8) is 0 Å². The first kappa shape index (κ1) is 17.6. The molecule has 4 aliphatic rings. The van der Waals surface area contributed by atoms with E-state index in [1.807, 2.05) is 0 Å². The molecule has 8 atom stereocenters. The van der Waals surface area contributed by atoms with Crippen LogP contribution in [0.5, 0.6) is 0 Å². The van der Waals surface area contributed by atoms with Gasteiger partial charge in [0.15, 0.2) is 0 Å². The molecule has 0 heterocycles. The van der Waals surface area contributed by atoms with E-state index in [2.05, 4.69) is 32.9 Å². The second-order valence-electron chi connectivity index (χ2n) is 10.1. The van der Waals surface area contributed by atoms with Crippen LogP contribution in [-0.4, -0.2) is 12.1 Å². The first-order valence-corrected chi connectivity index (χ1v) is 10.7. The Morgan fingerprint density at radius 1 is 1.04 bits per heavy atom. The van der Waals surface area contributed by atoms with E-state index in [4.69, 9.17) is 4.74 Å². The summed E-state index contributed by atoms with van der Waals surface area (Å²) in [5.74, 6) is 4.02. The van der Waals surface area contributed by atoms with E-state index in [1.54, 1.807) is 6.92 Å². The monoisotopic (exact) mass is 344 g/mol. The highest BCUT2D eigenvalue weighted by atomic mass is 16.5. The van der Waals surface area contributed by atoms with Gasteiger partial charge in [-0.05, 0) is 92.8 Å². The maximum Gasteiger partial charge on any atom is 0.302 e. The minimum Gasteiger partial charge on any atom is -0.463 e. The normalized spacial score (nSPS) is 49.7. The average molecular weight is 345 g/mol. The van der Waals surface area contributed by atoms with Crippen molar-refractivity contribution in [2.24, 2.45) is 40.4 Å². The number of hydrogen-bond donors (Lipinski definition) is 0. The molecule has 3 saturated carbocycles. The molecule has 25 heavy (non-hydrogen) atoms. The van der Waals surface area contributed by atoms with Crippen LogP contribution >= 0.6 is 0 Å². The van der Waals surface area contributed by atoms with Crippen molar-refractivity contribution >= 4 is 5.97 Å². The van der Waals surface area contributed by atoms with Crippen LogP contribution in [0, 0.1) is 40.4 Å². The fourth-order valence-corrected chi connectivity index (χ4v) is 7.99. The molecule has 0 aromatic heterocycles. The summed E-state index contributed by atoms with van der Waals surface area (Å²) in [4.78, 5) is 11.5. The van der Waals surface area contributed by atoms with Gasteiger partial charge in [-0.3, -0.25) is 4.79 Å². The number of allylic oxidation sites excluding steroid dienone is 2. The predicted molar refractivity (Wildman–Crippen MR) is 101 cm³/mol. The average Bonchev–Trinajstić information content (AvgIpc) is 2.91. The van der Waals surface area contributed by atoms with E-state index < -0.39 is 0 Å². The molecule has 0 saturated heterocycles. The van der Waals surface area contributed by atoms with E-state index in [9.17, 15) is 4.79 Å². The highest BCUT2D eigenvalue weighted by molar-refractivity contribution is 5.66. The molecule has 0 amide bonds. The Hall–Kier alpha value is -0.790. The molecule has 0 unspecified atom stereocenters.